The highest BCUT2D eigenvalue weighted by atomic mass is 16.5. The lowest BCUT2D eigenvalue weighted by Crippen LogP contribution is -2.23. The molecule has 1 unspecified atom stereocenters. The summed E-state index contributed by atoms with van der Waals surface area (Å²) in [6.45, 7) is 0. The Morgan fingerprint density at radius 2 is 1.14 bits per heavy atom. The molecule has 1 spiro atoms. The minimum Gasteiger partial charge on any atom is -0.469 e. The molecule has 9 aliphatic rings. The van der Waals surface area contributed by atoms with Crippen LogP contribution in [0.2, 0.25) is 0 Å². The average Bonchev–Trinajstić information content (AvgIpc) is 4.02. The maximum Gasteiger partial charge on any atom is 0.305 e. The van der Waals surface area contributed by atoms with Crippen molar-refractivity contribution in [2.45, 2.75) is 61.7 Å². The first kappa shape index (κ1) is 29.5. The molecule has 21 rings (SSSR count). The zero-order chi connectivity index (χ0) is 39.8. The summed E-state index contributed by atoms with van der Waals surface area (Å²) in [5.74, 6) is 0.700. The normalized spacial score (nSPS) is 23.1. The maximum absolute atomic E-state index is 13.0. The molecular weight excluding hydrogens is 765 g/mol. The zero-order valence-corrected chi connectivity index (χ0v) is 34.4. The van der Waals surface area contributed by atoms with Gasteiger partial charge in [-0.3, -0.25) is 4.79 Å². The van der Waals surface area contributed by atoms with E-state index in [-0.39, 0.29) is 16.8 Å². The molecule has 0 radical (unpaired) electrons. The Labute approximate surface area is 358 Å². The second kappa shape index (κ2) is 8.26. The van der Waals surface area contributed by atoms with Crippen LogP contribution in [-0.4, -0.2) is 13.1 Å². The van der Waals surface area contributed by atoms with Crippen molar-refractivity contribution in [3.8, 4) is 0 Å². The first-order valence-electron chi connectivity index (χ1n) is 23.6. The number of fused-ring (bicyclic) bond motifs is 2. The summed E-state index contributed by atoms with van der Waals surface area (Å²) < 4.78 is 5.34. The van der Waals surface area contributed by atoms with E-state index < -0.39 is 0 Å². The van der Waals surface area contributed by atoms with Gasteiger partial charge >= 0.3 is 5.97 Å². The van der Waals surface area contributed by atoms with E-state index in [2.05, 4.69) is 78.9 Å². The lowest BCUT2D eigenvalue weighted by Gasteiger charge is -2.33. The standard InChI is InChI=1S/C61H32O2/c1-63-36(62)8-5-13-60(27-6-3-2-4-7-27)21-61(60)58-54-42-30-11-9-28-29-10-12-31-33-19-26-17-23-15-24-14-22-16-25-18-32(30)44(54)48-39(25)37(22)46-41(24)47-38(23)40(26)49-45(33)55(43(31)35(29)20-34(28)42)59(61)57-53(49)51(47)50(46)52(48)56(57)58/h2-4,6-7,9-12,14-15,18-19,24,41H,5,8,13,16-17,20-21H2,1H3. The topological polar surface area (TPSA) is 26.3 Å². The van der Waals surface area contributed by atoms with Gasteiger partial charge in [-0.25, -0.2) is 0 Å². The second-order valence-corrected chi connectivity index (χ2v) is 21.7. The Hall–Kier alpha value is -6.77. The maximum atomic E-state index is 13.0. The van der Waals surface area contributed by atoms with Crippen LogP contribution in [0.15, 0.2) is 78.9 Å². The van der Waals surface area contributed by atoms with Gasteiger partial charge in [0.05, 0.1) is 7.11 Å². The van der Waals surface area contributed by atoms with Crippen molar-refractivity contribution in [1.82, 2.24) is 0 Å². The first-order chi connectivity index (χ1) is 31.1. The Balaban J connectivity index is 1.15. The average molecular weight is 797 g/mol. The monoisotopic (exact) mass is 796 g/mol. The van der Waals surface area contributed by atoms with Crippen molar-refractivity contribution in [1.29, 1.82) is 0 Å². The molecule has 0 aliphatic heterocycles. The van der Waals surface area contributed by atoms with Crippen LogP contribution in [0.3, 0.4) is 0 Å². The Bertz CT molecular complexity index is 4490. The molecule has 1 saturated carbocycles. The number of allylic oxidation sites excluding steroid dienone is 4. The van der Waals surface area contributed by atoms with Gasteiger partial charge in [0.1, 0.15) is 0 Å². The molecule has 9 aliphatic carbocycles. The molecule has 0 aromatic heterocycles. The molecule has 2 heteroatoms. The van der Waals surface area contributed by atoms with Crippen LogP contribution in [0, 0.1) is 16.4 Å². The number of rotatable bonds is 5. The van der Waals surface area contributed by atoms with E-state index in [1.165, 1.54) is 37.5 Å². The molecule has 1 atom stereocenters. The van der Waals surface area contributed by atoms with E-state index in [4.69, 9.17) is 4.74 Å². The predicted molar refractivity (Wildman–Crippen MR) is 255 cm³/mol. The van der Waals surface area contributed by atoms with Gasteiger partial charge in [-0.15, -0.1) is 0 Å². The van der Waals surface area contributed by atoms with Crippen LogP contribution in [0.5, 0.6) is 0 Å². The van der Waals surface area contributed by atoms with Gasteiger partial charge in [0.25, 0.3) is 0 Å². The summed E-state index contributed by atoms with van der Waals surface area (Å²) >= 11 is 0. The molecule has 2 nitrogen and oxygen atoms in total. The predicted octanol–water partition coefficient (Wildman–Crippen LogP) is 13.7. The van der Waals surface area contributed by atoms with E-state index in [1.807, 2.05) is 0 Å². The van der Waals surface area contributed by atoms with Crippen molar-refractivity contribution in [3.63, 3.8) is 0 Å². The van der Waals surface area contributed by atoms with Gasteiger partial charge < -0.3 is 4.74 Å². The van der Waals surface area contributed by atoms with Crippen LogP contribution in [0.1, 0.15) is 92.8 Å². The summed E-state index contributed by atoms with van der Waals surface area (Å²) in [6, 6.07) is 27.2. The van der Waals surface area contributed by atoms with Crippen molar-refractivity contribution < 1.29 is 9.53 Å². The molecule has 12 aromatic rings. The van der Waals surface area contributed by atoms with E-state index in [1.54, 1.807) is 160 Å². The molecule has 1 fully saturated rings. The first-order valence-corrected chi connectivity index (χ1v) is 23.6. The van der Waals surface area contributed by atoms with Gasteiger partial charge in [0.2, 0.25) is 0 Å². The lowest BCUT2D eigenvalue weighted by molar-refractivity contribution is -0.140. The van der Waals surface area contributed by atoms with Crippen LogP contribution in [0.4, 0.5) is 0 Å². The van der Waals surface area contributed by atoms with Crippen molar-refractivity contribution in [2.24, 2.45) is 5.92 Å². The van der Waals surface area contributed by atoms with Gasteiger partial charge in [-0.05, 0) is 241 Å². The number of hydrogen-bond donors (Lipinski definition) is 0. The number of carbonyl (C=O) groups is 1. The molecule has 63 heavy (non-hydrogen) atoms. The Kier molecular flexibility index (Phi) is 3.87. The third-order valence-electron chi connectivity index (χ3n) is 20.1. The molecule has 0 amide bonds. The Morgan fingerprint density at radius 1 is 0.587 bits per heavy atom. The number of methoxy groups -OCH3 is 1. The molecule has 0 heterocycles. The number of hydrogen-bond acceptors (Lipinski definition) is 2. The quantitative estimate of drug-likeness (QED) is 0.0985. The molecule has 288 valence electrons. The second-order valence-electron chi connectivity index (χ2n) is 21.7. The number of carbonyl (C=O) groups excluding carboxylic acids is 1. The molecule has 0 N–H and O–H groups in total. The highest BCUT2D eigenvalue weighted by molar-refractivity contribution is 6.55. The van der Waals surface area contributed by atoms with E-state index in [0.29, 0.717) is 18.3 Å². The molecule has 8 bridgehead atoms. The summed E-state index contributed by atoms with van der Waals surface area (Å²) in [5, 5.41) is 34.2. The van der Waals surface area contributed by atoms with E-state index >= 15 is 0 Å². The minimum absolute atomic E-state index is 0.0981. The van der Waals surface area contributed by atoms with Gasteiger partial charge in [-0.2, -0.15) is 0 Å². The van der Waals surface area contributed by atoms with E-state index in [0.717, 1.165) is 38.5 Å². The number of ether oxygens (including phenoxy) is 1. The SMILES string of the molecule is COC(=O)CCCC1(c2ccccc2)CC12c1c3c4c5c6ccc4c4cc7c8c9c%10c%11c%12c%13c%14c%15c(cc%16c%17ccc=6c(c%17c6c2c(c1c%11c8c43)c%12c%15c%166)C5)CC%14=CC(C=C9C7)C%10%13. The largest absolute Gasteiger partial charge is 0.469 e. The lowest BCUT2D eigenvalue weighted by atomic mass is 9.69. The van der Waals surface area contributed by atoms with Crippen molar-refractivity contribution in [2.75, 3.05) is 7.11 Å². The highest BCUT2D eigenvalue weighted by Crippen LogP contribution is 2.81. The molecule has 12 aromatic carbocycles. The fraction of sp³-hybridized carbons (Fsp3) is 0.197. The smallest absolute Gasteiger partial charge is 0.305 e. The minimum atomic E-state index is -0.256. The summed E-state index contributed by atoms with van der Waals surface area (Å²) in [7, 11) is 1.55. The molecule has 0 saturated heterocycles. The van der Waals surface area contributed by atoms with Gasteiger partial charge in [0.15, 0.2) is 0 Å². The van der Waals surface area contributed by atoms with Crippen LogP contribution < -0.4 is 0 Å². The zero-order valence-electron chi connectivity index (χ0n) is 34.4. The number of esters is 1. The molecular formula is C61H32O2. The van der Waals surface area contributed by atoms with Crippen molar-refractivity contribution in [3.05, 3.63) is 151 Å². The number of benzene rings is 10. The summed E-state index contributed by atoms with van der Waals surface area (Å²) in [5.41, 5.74) is 20.3. The fourth-order valence-electron chi connectivity index (χ4n) is 18.6. The van der Waals surface area contributed by atoms with E-state index in [9.17, 15) is 4.79 Å². The third kappa shape index (κ3) is 2.40. The van der Waals surface area contributed by atoms with Crippen LogP contribution >= 0.6 is 0 Å². The van der Waals surface area contributed by atoms with Crippen LogP contribution in [-0.2, 0) is 39.6 Å². The van der Waals surface area contributed by atoms with Gasteiger partial charge in [-0.1, -0.05) is 66.7 Å². The summed E-state index contributed by atoms with van der Waals surface area (Å²) in [6.07, 6.45) is 11.8. The Morgan fingerprint density at radius 3 is 1.71 bits per heavy atom. The fourth-order valence-corrected chi connectivity index (χ4v) is 18.6. The van der Waals surface area contributed by atoms with Crippen molar-refractivity contribution >= 4 is 125 Å². The highest BCUT2D eigenvalue weighted by Gasteiger charge is 2.73. The summed E-state index contributed by atoms with van der Waals surface area (Å²) in [4.78, 5) is 13.0. The van der Waals surface area contributed by atoms with Gasteiger partial charge in [0, 0.05) is 29.1 Å². The third-order valence-corrected chi connectivity index (χ3v) is 20.1. The van der Waals surface area contributed by atoms with Crippen LogP contribution in [0.25, 0.3) is 119 Å².